The van der Waals surface area contributed by atoms with Gasteiger partial charge in [0.15, 0.2) is 0 Å². The third-order valence-electron chi connectivity index (χ3n) is 4.42. The molecule has 1 atom stereocenters. The maximum atomic E-state index is 13.7. The van der Waals surface area contributed by atoms with Crippen LogP contribution in [0.4, 0.5) is 21.5 Å². The molecule has 1 aliphatic rings. The Kier molecular flexibility index (Phi) is 5.96. The number of benzene rings is 3. The third-order valence-corrected chi connectivity index (χ3v) is 6.41. The van der Waals surface area contributed by atoms with E-state index in [0.717, 1.165) is 9.79 Å². The van der Waals surface area contributed by atoms with Crippen molar-refractivity contribution < 1.29 is 14.0 Å². The summed E-state index contributed by atoms with van der Waals surface area (Å²) < 4.78 is 16.7. The Morgan fingerprint density at radius 3 is 2.77 bits per heavy atom. The molecule has 0 saturated heterocycles. The van der Waals surface area contributed by atoms with Gasteiger partial charge in [0.1, 0.15) is 5.82 Å². The molecule has 0 radical (unpaired) electrons. The molecule has 1 aliphatic heterocycles. The standard InChI is InChI=1S/C22H18FN3O2S2/c1-13-21(27)25-19-11-14(9-10-20(19)29-13)22(28)24-15-5-4-6-16(12-15)30-26-18-8-3-2-7-17(18)23/h2-13,26H,1H3,(H,24,28)(H,25,27). The van der Waals surface area contributed by atoms with Crippen molar-refractivity contribution in [1.29, 1.82) is 0 Å². The highest BCUT2D eigenvalue weighted by molar-refractivity contribution is 8.01. The second-order valence-electron chi connectivity index (χ2n) is 6.63. The van der Waals surface area contributed by atoms with E-state index in [-0.39, 0.29) is 22.9 Å². The molecule has 5 nitrogen and oxygen atoms in total. The summed E-state index contributed by atoms with van der Waals surface area (Å²) in [7, 11) is 0. The Bertz CT molecular complexity index is 1120. The molecule has 1 heterocycles. The van der Waals surface area contributed by atoms with E-state index in [9.17, 15) is 14.0 Å². The van der Waals surface area contributed by atoms with Crippen LogP contribution in [0, 0.1) is 5.82 Å². The van der Waals surface area contributed by atoms with Crippen LogP contribution in [0.3, 0.4) is 0 Å². The fourth-order valence-corrected chi connectivity index (χ4v) is 4.50. The zero-order chi connectivity index (χ0) is 21.1. The van der Waals surface area contributed by atoms with Gasteiger partial charge in [0, 0.05) is 21.0 Å². The number of carbonyl (C=O) groups is 2. The van der Waals surface area contributed by atoms with E-state index in [1.165, 1.54) is 29.8 Å². The average molecular weight is 440 g/mol. The summed E-state index contributed by atoms with van der Waals surface area (Å²) in [5, 5.41) is 5.54. The number of carbonyl (C=O) groups excluding carboxylic acids is 2. The molecule has 4 rings (SSSR count). The van der Waals surface area contributed by atoms with Crippen molar-refractivity contribution in [2.24, 2.45) is 0 Å². The van der Waals surface area contributed by atoms with E-state index in [1.54, 1.807) is 42.5 Å². The monoisotopic (exact) mass is 439 g/mol. The minimum Gasteiger partial charge on any atom is -0.324 e. The normalized spacial score (nSPS) is 15.1. The summed E-state index contributed by atoms with van der Waals surface area (Å²) in [6, 6.07) is 18.9. The minimum atomic E-state index is -0.332. The smallest absolute Gasteiger partial charge is 0.255 e. The summed E-state index contributed by atoms with van der Waals surface area (Å²) in [5.41, 5.74) is 2.10. The topological polar surface area (TPSA) is 70.2 Å². The summed E-state index contributed by atoms with van der Waals surface area (Å²) in [5.74, 6) is -0.682. The highest BCUT2D eigenvalue weighted by Gasteiger charge is 2.23. The van der Waals surface area contributed by atoms with Crippen LogP contribution in [0.15, 0.2) is 76.5 Å². The molecule has 0 spiro atoms. The fourth-order valence-electron chi connectivity index (χ4n) is 2.85. The molecule has 0 saturated carbocycles. The van der Waals surface area contributed by atoms with E-state index >= 15 is 0 Å². The molecule has 3 aromatic carbocycles. The quantitative estimate of drug-likeness (QED) is 0.450. The summed E-state index contributed by atoms with van der Waals surface area (Å²) in [4.78, 5) is 26.3. The van der Waals surface area contributed by atoms with E-state index in [0.29, 0.717) is 22.6 Å². The lowest BCUT2D eigenvalue weighted by atomic mass is 10.1. The van der Waals surface area contributed by atoms with Crippen molar-refractivity contribution in [2.75, 3.05) is 15.4 Å². The first-order valence-electron chi connectivity index (χ1n) is 9.20. The lowest BCUT2D eigenvalue weighted by Gasteiger charge is -2.21. The molecule has 3 aromatic rings. The van der Waals surface area contributed by atoms with Crippen LogP contribution in [0.1, 0.15) is 17.3 Å². The minimum absolute atomic E-state index is 0.0721. The molecule has 0 aromatic heterocycles. The number of hydrogen-bond acceptors (Lipinski definition) is 5. The largest absolute Gasteiger partial charge is 0.324 e. The SMILES string of the molecule is CC1Sc2ccc(C(=O)Nc3cccc(SNc4ccccc4F)c3)cc2NC1=O. The lowest BCUT2D eigenvalue weighted by molar-refractivity contribution is -0.115. The highest BCUT2D eigenvalue weighted by atomic mass is 32.2. The Labute approximate surface area is 182 Å². The number of fused-ring (bicyclic) bond motifs is 1. The van der Waals surface area contributed by atoms with E-state index in [1.807, 2.05) is 25.1 Å². The van der Waals surface area contributed by atoms with Crippen LogP contribution >= 0.6 is 23.7 Å². The van der Waals surface area contributed by atoms with Gasteiger partial charge in [-0.3, -0.25) is 9.59 Å². The summed E-state index contributed by atoms with van der Waals surface area (Å²) in [6.45, 7) is 1.84. The lowest BCUT2D eigenvalue weighted by Crippen LogP contribution is -2.26. The van der Waals surface area contributed by atoms with Crippen LogP contribution in [0.2, 0.25) is 0 Å². The van der Waals surface area contributed by atoms with E-state index < -0.39 is 0 Å². The van der Waals surface area contributed by atoms with Crippen LogP contribution in [0.25, 0.3) is 0 Å². The van der Waals surface area contributed by atoms with Gasteiger partial charge < -0.3 is 15.4 Å². The Morgan fingerprint density at radius 1 is 1.10 bits per heavy atom. The maximum Gasteiger partial charge on any atom is 0.255 e. The summed E-state index contributed by atoms with van der Waals surface area (Å²) in [6.07, 6.45) is 0. The summed E-state index contributed by atoms with van der Waals surface area (Å²) >= 11 is 2.72. The number of thioether (sulfide) groups is 1. The molecule has 0 fully saturated rings. The van der Waals surface area contributed by atoms with Gasteiger partial charge in [-0.05, 0) is 67.4 Å². The average Bonchev–Trinajstić information content (AvgIpc) is 2.74. The molecule has 2 amide bonds. The van der Waals surface area contributed by atoms with E-state index in [2.05, 4.69) is 15.4 Å². The molecule has 8 heteroatoms. The van der Waals surface area contributed by atoms with E-state index in [4.69, 9.17) is 0 Å². The van der Waals surface area contributed by atoms with Crippen LogP contribution in [-0.4, -0.2) is 17.1 Å². The van der Waals surface area contributed by atoms with Crippen LogP contribution in [-0.2, 0) is 4.79 Å². The molecule has 1 unspecified atom stereocenters. The zero-order valence-electron chi connectivity index (χ0n) is 15.9. The number of para-hydroxylation sites is 1. The first-order valence-corrected chi connectivity index (χ1v) is 10.9. The van der Waals surface area contributed by atoms with Gasteiger partial charge in [-0.25, -0.2) is 4.39 Å². The first kappa shape index (κ1) is 20.3. The van der Waals surface area contributed by atoms with Crippen LogP contribution in [0.5, 0.6) is 0 Å². The van der Waals surface area contributed by atoms with Crippen molar-refractivity contribution in [3.63, 3.8) is 0 Å². The van der Waals surface area contributed by atoms with Gasteiger partial charge in [0.2, 0.25) is 5.91 Å². The van der Waals surface area contributed by atoms with Gasteiger partial charge >= 0.3 is 0 Å². The van der Waals surface area contributed by atoms with Crippen LogP contribution < -0.4 is 15.4 Å². The predicted octanol–water partition coefficient (Wildman–Crippen LogP) is 5.63. The molecular weight excluding hydrogens is 421 g/mol. The van der Waals surface area contributed by atoms with Gasteiger partial charge in [-0.2, -0.15) is 0 Å². The predicted molar refractivity (Wildman–Crippen MR) is 121 cm³/mol. The Balaban J connectivity index is 1.44. The first-order chi connectivity index (χ1) is 14.5. The number of anilines is 3. The van der Waals surface area contributed by atoms with Crippen molar-refractivity contribution in [1.82, 2.24) is 0 Å². The van der Waals surface area contributed by atoms with Gasteiger partial charge in [0.05, 0.1) is 16.6 Å². The fraction of sp³-hybridized carbons (Fsp3) is 0.0909. The molecule has 0 aliphatic carbocycles. The van der Waals surface area contributed by atoms with Gasteiger partial charge in [0.25, 0.3) is 5.91 Å². The molecule has 152 valence electrons. The number of rotatable bonds is 5. The second-order valence-corrected chi connectivity index (χ2v) is 8.89. The van der Waals surface area contributed by atoms with Crippen molar-refractivity contribution in [3.8, 4) is 0 Å². The van der Waals surface area contributed by atoms with Gasteiger partial charge in [-0.15, -0.1) is 11.8 Å². The molecule has 3 N–H and O–H groups in total. The zero-order valence-corrected chi connectivity index (χ0v) is 17.6. The molecular formula is C22H18FN3O2S2. The molecule has 0 bridgehead atoms. The van der Waals surface area contributed by atoms with Gasteiger partial charge in [-0.1, -0.05) is 18.2 Å². The number of nitrogens with one attached hydrogen (secondary N) is 3. The third kappa shape index (κ3) is 4.60. The Hall–Kier alpha value is -2.97. The Morgan fingerprint density at radius 2 is 1.93 bits per heavy atom. The number of halogens is 1. The second kappa shape index (κ2) is 8.81. The molecule has 30 heavy (non-hydrogen) atoms. The highest BCUT2D eigenvalue weighted by Crippen LogP contribution is 2.36. The van der Waals surface area contributed by atoms with Crippen molar-refractivity contribution in [2.45, 2.75) is 22.0 Å². The number of hydrogen-bond donors (Lipinski definition) is 3. The maximum absolute atomic E-state index is 13.7. The van der Waals surface area contributed by atoms with Crippen molar-refractivity contribution in [3.05, 3.63) is 78.1 Å². The van der Waals surface area contributed by atoms with Crippen molar-refractivity contribution >= 4 is 52.6 Å². The number of amides is 2.